The van der Waals surface area contributed by atoms with Crippen molar-refractivity contribution in [3.8, 4) is 0 Å². The van der Waals surface area contributed by atoms with Gasteiger partial charge in [0.25, 0.3) is 0 Å². The van der Waals surface area contributed by atoms with Crippen molar-refractivity contribution in [1.29, 1.82) is 0 Å². The van der Waals surface area contributed by atoms with E-state index in [9.17, 15) is 39.0 Å². The maximum Gasteiger partial charge on any atom is 0.328 e. The molecule has 0 aromatic rings. The molecular weight excluding hydrogens is 434 g/mol. The number of carboxylic acid groups (broad SMARTS) is 2. The number of hydrogen-bond acceptors (Lipinski definition) is 9. The summed E-state index contributed by atoms with van der Waals surface area (Å²) >= 11 is 0. The van der Waals surface area contributed by atoms with Gasteiger partial charge in [-0.1, -0.05) is 0 Å². The topological polar surface area (TPSA) is 271 Å². The molecule has 0 aliphatic carbocycles. The highest BCUT2D eigenvalue weighted by Crippen LogP contribution is 2.04. The molecule has 4 amide bonds. The van der Waals surface area contributed by atoms with Crippen LogP contribution in [0.2, 0.25) is 0 Å². The van der Waals surface area contributed by atoms with Gasteiger partial charge in [-0.25, -0.2) is 4.79 Å². The van der Waals surface area contributed by atoms with Crippen LogP contribution in [0.15, 0.2) is 0 Å². The number of nitrogens with two attached hydrogens (primary N) is 2. The van der Waals surface area contributed by atoms with Gasteiger partial charge < -0.3 is 47.8 Å². The van der Waals surface area contributed by atoms with E-state index < -0.39 is 78.4 Å². The first kappa shape index (κ1) is 28.7. The second kappa shape index (κ2) is 13.2. The van der Waals surface area contributed by atoms with Crippen molar-refractivity contribution in [3.05, 3.63) is 0 Å². The van der Waals surface area contributed by atoms with E-state index in [1.54, 1.807) is 0 Å². The van der Waals surface area contributed by atoms with Crippen molar-refractivity contribution in [2.75, 3.05) is 0 Å². The lowest BCUT2D eigenvalue weighted by Crippen LogP contribution is -2.59. The molecule has 6 atom stereocenters. The van der Waals surface area contributed by atoms with E-state index in [-0.39, 0.29) is 12.8 Å². The highest BCUT2D eigenvalue weighted by Gasteiger charge is 2.33. The van der Waals surface area contributed by atoms with Crippen LogP contribution in [0.1, 0.15) is 33.1 Å². The second-order valence-corrected chi connectivity index (χ2v) is 7.06. The average Bonchev–Trinajstić information content (AvgIpc) is 2.66. The zero-order chi connectivity index (χ0) is 25.2. The summed E-state index contributed by atoms with van der Waals surface area (Å²) in [5, 5.41) is 43.1. The first-order valence-corrected chi connectivity index (χ1v) is 9.43. The van der Waals surface area contributed by atoms with Crippen molar-refractivity contribution in [3.63, 3.8) is 0 Å². The van der Waals surface area contributed by atoms with Crippen LogP contribution >= 0.6 is 0 Å². The van der Waals surface area contributed by atoms with Gasteiger partial charge in [-0.2, -0.15) is 0 Å². The van der Waals surface area contributed by atoms with Crippen molar-refractivity contribution in [2.24, 2.45) is 11.5 Å². The van der Waals surface area contributed by atoms with Crippen molar-refractivity contribution in [2.45, 2.75) is 69.5 Å². The molecule has 0 spiro atoms. The molecule has 6 unspecified atom stereocenters. The summed E-state index contributed by atoms with van der Waals surface area (Å²) in [6.07, 6.45) is -4.50. The Labute approximate surface area is 182 Å². The Bertz CT molecular complexity index is 727. The van der Waals surface area contributed by atoms with E-state index >= 15 is 0 Å². The fourth-order valence-electron chi connectivity index (χ4n) is 2.34. The Morgan fingerprint density at radius 3 is 1.72 bits per heavy atom. The number of aliphatic hydroxyl groups is 2. The van der Waals surface area contributed by atoms with Gasteiger partial charge in [0.05, 0.1) is 18.6 Å². The minimum absolute atomic E-state index is 0.341. The van der Waals surface area contributed by atoms with Gasteiger partial charge in [0.1, 0.15) is 18.1 Å². The summed E-state index contributed by atoms with van der Waals surface area (Å²) in [7, 11) is 0. The molecule has 32 heavy (non-hydrogen) atoms. The highest BCUT2D eigenvalue weighted by atomic mass is 16.4. The third-order valence-electron chi connectivity index (χ3n) is 4.19. The number of nitrogens with one attached hydrogen (secondary N) is 3. The number of rotatable bonds is 14. The largest absolute Gasteiger partial charge is 0.481 e. The Kier molecular flexibility index (Phi) is 11.8. The molecule has 0 bridgehead atoms. The van der Waals surface area contributed by atoms with E-state index in [2.05, 4.69) is 10.6 Å². The Morgan fingerprint density at radius 1 is 0.812 bits per heavy atom. The van der Waals surface area contributed by atoms with Crippen LogP contribution in [0, 0.1) is 0 Å². The van der Waals surface area contributed by atoms with Gasteiger partial charge in [-0.05, 0) is 20.3 Å². The normalized spacial score (nSPS) is 16.4. The summed E-state index contributed by atoms with van der Waals surface area (Å²) < 4.78 is 0. The molecule has 11 N–H and O–H groups in total. The van der Waals surface area contributed by atoms with Gasteiger partial charge in [-0.15, -0.1) is 0 Å². The van der Waals surface area contributed by atoms with Gasteiger partial charge in [0, 0.05) is 6.42 Å². The van der Waals surface area contributed by atoms with Crippen LogP contribution in [0.3, 0.4) is 0 Å². The Morgan fingerprint density at radius 2 is 1.31 bits per heavy atom. The number of carbonyl (C=O) groups is 6. The molecule has 0 aromatic carbocycles. The van der Waals surface area contributed by atoms with Crippen LogP contribution in [0.25, 0.3) is 0 Å². The van der Waals surface area contributed by atoms with Crippen LogP contribution in [-0.2, 0) is 28.8 Å². The van der Waals surface area contributed by atoms with E-state index in [4.69, 9.17) is 21.7 Å². The maximum absolute atomic E-state index is 12.6. The van der Waals surface area contributed by atoms with Gasteiger partial charge >= 0.3 is 11.9 Å². The minimum Gasteiger partial charge on any atom is -0.481 e. The lowest BCUT2D eigenvalue weighted by molar-refractivity contribution is -0.146. The molecule has 0 aromatic heterocycles. The van der Waals surface area contributed by atoms with Crippen molar-refractivity contribution in [1.82, 2.24) is 16.0 Å². The fraction of sp³-hybridized carbons (Fsp3) is 0.647. The Hall–Kier alpha value is -3.30. The molecule has 0 aliphatic heterocycles. The standard InChI is InChI=1S/C17H29N5O10/c1-6(23)12(19)16(30)20-8(3-4-10(18)25)14(28)21-9(5-11(26)27)15(29)22-13(7(2)24)17(31)32/h6-9,12-13,23-24H,3-5,19H2,1-2H3,(H2,18,25)(H,20,30)(H,21,28)(H,22,29)(H,26,27)(H,31,32). The number of amides is 4. The summed E-state index contributed by atoms with van der Waals surface area (Å²) in [4.78, 5) is 70.4. The number of primary amides is 1. The third-order valence-corrected chi connectivity index (χ3v) is 4.19. The predicted molar refractivity (Wildman–Crippen MR) is 105 cm³/mol. The molecular formula is C17H29N5O10. The highest BCUT2D eigenvalue weighted by molar-refractivity contribution is 5.96. The first-order valence-electron chi connectivity index (χ1n) is 9.43. The molecule has 15 heteroatoms. The number of carbonyl (C=O) groups excluding carboxylic acids is 4. The first-order chi connectivity index (χ1) is 14.7. The molecule has 0 saturated carbocycles. The van der Waals surface area contributed by atoms with Crippen LogP contribution in [-0.4, -0.2) is 92.4 Å². The van der Waals surface area contributed by atoms with E-state index in [1.165, 1.54) is 6.92 Å². The SMILES string of the molecule is CC(O)C(N)C(=O)NC(CCC(N)=O)C(=O)NC(CC(=O)O)C(=O)NC(C(=O)O)C(C)O. The van der Waals surface area contributed by atoms with Gasteiger partial charge in [0.15, 0.2) is 6.04 Å². The van der Waals surface area contributed by atoms with E-state index in [0.717, 1.165) is 6.92 Å². The van der Waals surface area contributed by atoms with Crippen molar-refractivity contribution < 1.29 is 49.2 Å². The summed E-state index contributed by atoms with van der Waals surface area (Å²) in [6, 6.07) is -6.50. The second-order valence-electron chi connectivity index (χ2n) is 7.06. The maximum atomic E-state index is 12.6. The number of aliphatic carboxylic acids is 2. The molecule has 0 rings (SSSR count). The molecule has 0 fully saturated rings. The molecule has 182 valence electrons. The smallest absolute Gasteiger partial charge is 0.328 e. The van der Waals surface area contributed by atoms with Crippen LogP contribution < -0.4 is 27.4 Å². The number of carboxylic acids is 2. The predicted octanol–water partition coefficient (Wildman–Crippen LogP) is -4.65. The number of aliphatic hydroxyl groups excluding tert-OH is 2. The van der Waals surface area contributed by atoms with Crippen molar-refractivity contribution >= 4 is 35.6 Å². The third kappa shape index (κ3) is 10.1. The van der Waals surface area contributed by atoms with Gasteiger partial charge in [-0.3, -0.25) is 24.0 Å². The molecule has 0 heterocycles. The fourth-order valence-corrected chi connectivity index (χ4v) is 2.34. The monoisotopic (exact) mass is 463 g/mol. The summed E-state index contributed by atoms with van der Waals surface area (Å²) in [6.45, 7) is 2.29. The van der Waals surface area contributed by atoms with Gasteiger partial charge in [0.2, 0.25) is 23.6 Å². The number of hydrogen-bond donors (Lipinski definition) is 9. The zero-order valence-electron chi connectivity index (χ0n) is 17.5. The molecule has 0 saturated heterocycles. The zero-order valence-corrected chi connectivity index (χ0v) is 17.5. The average molecular weight is 463 g/mol. The quantitative estimate of drug-likeness (QED) is 0.118. The molecule has 0 aliphatic rings. The lowest BCUT2D eigenvalue weighted by Gasteiger charge is -2.25. The summed E-state index contributed by atoms with van der Waals surface area (Å²) in [5.74, 6) is -7.24. The summed E-state index contributed by atoms with van der Waals surface area (Å²) in [5.41, 5.74) is 10.5. The van der Waals surface area contributed by atoms with E-state index in [0.29, 0.717) is 0 Å². The molecule has 0 radical (unpaired) electrons. The minimum atomic E-state index is -1.79. The molecule has 15 nitrogen and oxygen atoms in total. The van der Waals surface area contributed by atoms with E-state index in [1.807, 2.05) is 5.32 Å². The Balaban J connectivity index is 5.59. The van der Waals surface area contributed by atoms with Crippen LogP contribution in [0.4, 0.5) is 0 Å². The van der Waals surface area contributed by atoms with Crippen LogP contribution in [0.5, 0.6) is 0 Å². The lowest BCUT2D eigenvalue weighted by atomic mass is 10.1.